The number of carbonyl (C=O) groups excluding carboxylic acids is 3. The quantitative estimate of drug-likeness (QED) is 0.631. The highest BCUT2D eigenvalue weighted by Crippen LogP contribution is 2.32. The lowest BCUT2D eigenvalue weighted by atomic mass is 9.80. The summed E-state index contributed by atoms with van der Waals surface area (Å²) in [7, 11) is 0. The van der Waals surface area contributed by atoms with Crippen molar-refractivity contribution in [1.82, 2.24) is 20.9 Å². The summed E-state index contributed by atoms with van der Waals surface area (Å²) in [5.74, 6) is 0.456. The van der Waals surface area contributed by atoms with Crippen molar-refractivity contribution in [3.8, 4) is 0 Å². The Labute approximate surface area is 136 Å². The molecule has 23 heavy (non-hydrogen) atoms. The van der Waals surface area contributed by atoms with Crippen molar-refractivity contribution in [2.24, 2.45) is 11.8 Å². The van der Waals surface area contributed by atoms with E-state index in [0.29, 0.717) is 19.0 Å². The average molecular weight is 322 g/mol. The molecule has 3 aliphatic rings. The first kappa shape index (κ1) is 16.2. The maximum absolute atomic E-state index is 12.2. The van der Waals surface area contributed by atoms with Gasteiger partial charge in [0.05, 0.1) is 6.54 Å². The first-order valence-corrected chi connectivity index (χ1v) is 8.54. The molecule has 7 nitrogen and oxygen atoms in total. The number of hydrogen-bond donors (Lipinski definition) is 3. The van der Waals surface area contributed by atoms with Crippen molar-refractivity contribution in [1.29, 1.82) is 0 Å². The number of carbonyl (C=O) groups is 3. The first-order chi connectivity index (χ1) is 10.9. The third kappa shape index (κ3) is 3.49. The molecular formula is C16H26N4O3. The molecule has 3 rings (SSSR count). The molecule has 2 aliphatic heterocycles. The number of hydrogen-bond acceptors (Lipinski definition) is 4. The Morgan fingerprint density at radius 3 is 2.74 bits per heavy atom. The van der Waals surface area contributed by atoms with E-state index in [1.807, 2.05) is 0 Å². The molecule has 0 aromatic carbocycles. The Hall–Kier alpha value is -1.63. The van der Waals surface area contributed by atoms with E-state index in [1.165, 1.54) is 12.8 Å². The van der Waals surface area contributed by atoms with Gasteiger partial charge in [-0.25, -0.2) is 4.79 Å². The number of imide groups is 1. The van der Waals surface area contributed by atoms with Crippen molar-refractivity contribution in [2.45, 2.75) is 51.1 Å². The van der Waals surface area contributed by atoms with Crippen LogP contribution in [0.5, 0.6) is 0 Å². The highest BCUT2D eigenvalue weighted by Gasteiger charge is 2.49. The summed E-state index contributed by atoms with van der Waals surface area (Å²) in [4.78, 5) is 37.8. The van der Waals surface area contributed by atoms with E-state index < -0.39 is 11.6 Å². The second kappa shape index (κ2) is 6.11. The van der Waals surface area contributed by atoms with Crippen LogP contribution in [-0.2, 0) is 9.59 Å². The van der Waals surface area contributed by atoms with Crippen LogP contribution in [0.4, 0.5) is 4.79 Å². The summed E-state index contributed by atoms with van der Waals surface area (Å²) >= 11 is 0. The Kier molecular flexibility index (Phi) is 4.31. The van der Waals surface area contributed by atoms with Gasteiger partial charge in [0.1, 0.15) is 5.54 Å². The summed E-state index contributed by atoms with van der Waals surface area (Å²) in [5.41, 5.74) is -0.868. The first-order valence-electron chi connectivity index (χ1n) is 8.54. The normalized spacial score (nSPS) is 33.0. The maximum Gasteiger partial charge on any atom is 0.322 e. The minimum absolute atomic E-state index is 0.0244. The Bertz CT molecular complexity index is 519. The minimum Gasteiger partial charge on any atom is -0.352 e. The number of nitrogens with one attached hydrogen (secondary N) is 3. The molecule has 1 saturated carbocycles. The summed E-state index contributed by atoms with van der Waals surface area (Å²) < 4.78 is 0. The fourth-order valence-corrected chi connectivity index (χ4v) is 3.73. The molecule has 3 N–H and O–H groups in total. The fourth-order valence-electron chi connectivity index (χ4n) is 3.73. The monoisotopic (exact) mass is 322 g/mol. The van der Waals surface area contributed by atoms with Crippen LogP contribution >= 0.6 is 0 Å². The van der Waals surface area contributed by atoms with Crippen molar-refractivity contribution >= 4 is 17.8 Å². The van der Waals surface area contributed by atoms with Gasteiger partial charge in [0.15, 0.2) is 0 Å². The molecule has 7 heteroatoms. The molecule has 2 heterocycles. The number of likely N-dealkylation sites (tertiary alicyclic amines) is 1. The van der Waals surface area contributed by atoms with Crippen LogP contribution in [0.3, 0.4) is 0 Å². The van der Waals surface area contributed by atoms with Crippen LogP contribution in [0, 0.1) is 11.8 Å². The van der Waals surface area contributed by atoms with E-state index in [1.54, 1.807) is 6.92 Å². The molecule has 0 unspecified atom stereocenters. The van der Waals surface area contributed by atoms with Crippen molar-refractivity contribution in [2.75, 3.05) is 19.6 Å². The third-order valence-electron chi connectivity index (χ3n) is 5.48. The minimum atomic E-state index is -0.868. The second-order valence-corrected chi connectivity index (χ2v) is 7.38. The molecule has 4 amide bonds. The molecule has 0 aromatic heterocycles. The highest BCUT2D eigenvalue weighted by molar-refractivity contribution is 6.07. The van der Waals surface area contributed by atoms with Crippen LogP contribution in [0.15, 0.2) is 0 Å². The van der Waals surface area contributed by atoms with Gasteiger partial charge in [-0.15, -0.1) is 0 Å². The zero-order valence-electron chi connectivity index (χ0n) is 13.9. The predicted octanol–water partition coefficient (Wildman–Crippen LogP) is 0.211. The van der Waals surface area contributed by atoms with Crippen molar-refractivity contribution < 1.29 is 14.4 Å². The number of amides is 4. The Morgan fingerprint density at radius 1 is 1.39 bits per heavy atom. The third-order valence-corrected chi connectivity index (χ3v) is 5.48. The molecule has 3 fully saturated rings. The molecule has 0 spiro atoms. The van der Waals surface area contributed by atoms with E-state index in [0.717, 1.165) is 19.4 Å². The van der Waals surface area contributed by atoms with E-state index >= 15 is 0 Å². The molecule has 0 radical (unpaired) electrons. The zero-order chi connectivity index (χ0) is 16.6. The standard InChI is InChI=1S/C16H26N4O3/c1-10(11-5-6-11)17-13(21)9-20-7-3-4-12(8-20)16(2)14(22)18-15(23)19-16/h10-12H,3-9H2,1-2H3,(H,17,21)(H2,18,19,22,23)/t10-,12+,16+/m0/s1. The van der Waals surface area contributed by atoms with Crippen LogP contribution in [-0.4, -0.2) is 54.0 Å². The SMILES string of the molecule is C[C@H](NC(=O)CN1CCC[C@@H]([C@@]2(C)NC(=O)NC2=O)C1)C1CC1. The van der Waals surface area contributed by atoms with Gasteiger partial charge in [-0.3, -0.25) is 19.8 Å². The summed E-state index contributed by atoms with van der Waals surface area (Å²) in [6.07, 6.45) is 4.22. The summed E-state index contributed by atoms with van der Waals surface area (Å²) in [6.45, 7) is 5.70. The molecular weight excluding hydrogens is 296 g/mol. The van der Waals surface area contributed by atoms with Gasteiger partial charge in [0.25, 0.3) is 5.91 Å². The number of piperidine rings is 1. The largest absolute Gasteiger partial charge is 0.352 e. The van der Waals surface area contributed by atoms with E-state index in [9.17, 15) is 14.4 Å². The number of urea groups is 1. The fraction of sp³-hybridized carbons (Fsp3) is 0.812. The van der Waals surface area contributed by atoms with E-state index in [2.05, 4.69) is 27.8 Å². The topological polar surface area (TPSA) is 90.5 Å². The van der Waals surface area contributed by atoms with Crippen LogP contribution in [0.25, 0.3) is 0 Å². The van der Waals surface area contributed by atoms with Gasteiger partial charge in [0, 0.05) is 18.5 Å². The lowest BCUT2D eigenvalue weighted by Crippen LogP contribution is -2.56. The number of nitrogens with zero attached hydrogens (tertiary/aromatic N) is 1. The lowest BCUT2D eigenvalue weighted by molar-refractivity contribution is -0.126. The average Bonchev–Trinajstić information content (AvgIpc) is 3.27. The van der Waals surface area contributed by atoms with Crippen LogP contribution in [0.2, 0.25) is 0 Å². The van der Waals surface area contributed by atoms with Gasteiger partial charge in [-0.05, 0) is 52.0 Å². The van der Waals surface area contributed by atoms with Gasteiger partial charge < -0.3 is 10.6 Å². The van der Waals surface area contributed by atoms with Crippen LogP contribution < -0.4 is 16.0 Å². The predicted molar refractivity (Wildman–Crippen MR) is 84.6 cm³/mol. The van der Waals surface area contributed by atoms with Gasteiger partial charge in [-0.1, -0.05) is 0 Å². The Morgan fingerprint density at radius 2 is 2.13 bits per heavy atom. The molecule has 3 atom stereocenters. The number of rotatable bonds is 5. The molecule has 0 bridgehead atoms. The summed E-state index contributed by atoms with van der Waals surface area (Å²) in [6, 6.07) is -0.175. The van der Waals surface area contributed by atoms with Crippen LogP contribution in [0.1, 0.15) is 39.5 Å². The highest BCUT2D eigenvalue weighted by atomic mass is 16.2. The van der Waals surface area contributed by atoms with Gasteiger partial charge in [-0.2, -0.15) is 0 Å². The molecule has 0 aromatic rings. The van der Waals surface area contributed by atoms with Gasteiger partial charge in [0.2, 0.25) is 5.91 Å². The van der Waals surface area contributed by atoms with E-state index in [-0.39, 0.29) is 23.8 Å². The second-order valence-electron chi connectivity index (χ2n) is 7.38. The maximum atomic E-state index is 12.2. The lowest BCUT2D eigenvalue weighted by Gasteiger charge is -2.39. The summed E-state index contributed by atoms with van der Waals surface area (Å²) in [5, 5.41) is 8.14. The van der Waals surface area contributed by atoms with Gasteiger partial charge >= 0.3 is 6.03 Å². The Balaban J connectivity index is 1.54. The smallest absolute Gasteiger partial charge is 0.322 e. The van der Waals surface area contributed by atoms with E-state index in [4.69, 9.17) is 0 Å². The molecule has 2 saturated heterocycles. The van der Waals surface area contributed by atoms with Crippen molar-refractivity contribution in [3.05, 3.63) is 0 Å². The molecule has 128 valence electrons. The zero-order valence-corrected chi connectivity index (χ0v) is 13.9. The molecule has 1 aliphatic carbocycles. The van der Waals surface area contributed by atoms with Crippen molar-refractivity contribution in [3.63, 3.8) is 0 Å².